The molecule has 162 valence electrons. The highest BCUT2D eigenvalue weighted by molar-refractivity contribution is 9.10. The first-order valence-corrected chi connectivity index (χ1v) is 10.6. The fourth-order valence-corrected chi connectivity index (χ4v) is 3.47. The van der Waals surface area contributed by atoms with Gasteiger partial charge in [0, 0.05) is 24.4 Å². The molecule has 31 heavy (non-hydrogen) atoms. The van der Waals surface area contributed by atoms with Crippen LogP contribution in [0.3, 0.4) is 0 Å². The molecular formula is C22H23BrFN5O2. The maximum Gasteiger partial charge on any atom is 0.229 e. The summed E-state index contributed by atoms with van der Waals surface area (Å²) in [4.78, 5) is 6.24. The molecule has 1 heterocycles. The average Bonchev–Trinajstić information content (AvgIpc) is 3.07. The Hall–Kier alpha value is -3.12. The van der Waals surface area contributed by atoms with Gasteiger partial charge in [-0.3, -0.25) is 0 Å². The van der Waals surface area contributed by atoms with Crippen molar-refractivity contribution in [2.75, 3.05) is 11.5 Å². The third-order valence-electron chi connectivity index (χ3n) is 4.35. The lowest BCUT2D eigenvalue weighted by molar-refractivity contribution is 0.228. The van der Waals surface area contributed by atoms with E-state index in [2.05, 4.69) is 32.1 Å². The minimum Gasteiger partial charge on any atom is -0.494 e. The quantitative estimate of drug-likeness (QED) is 0.439. The van der Waals surface area contributed by atoms with Gasteiger partial charge in [0.2, 0.25) is 10.7 Å². The van der Waals surface area contributed by atoms with E-state index < -0.39 is 5.82 Å². The molecule has 0 bridgehead atoms. The van der Waals surface area contributed by atoms with Gasteiger partial charge in [-0.1, -0.05) is 0 Å². The normalized spacial score (nSPS) is 10.8. The lowest BCUT2D eigenvalue weighted by Gasteiger charge is -2.24. The number of nitriles is 1. The number of nitrogens with zero attached hydrogens (tertiary/aromatic N) is 5. The van der Waals surface area contributed by atoms with Crippen molar-refractivity contribution in [3.63, 3.8) is 0 Å². The molecule has 0 unspecified atom stereocenters. The maximum atomic E-state index is 15.4. The highest BCUT2D eigenvalue weighted by Gasteiger charge is 2.22. The third-order valence-corrected chi connectivity index (χ3v) is 4.69. The number of aryl methyl sites for hydroxylation is 1. The third kappa shape index (κ3) is 5.33. The highest BCUT2D eigenvalue weighted by Crippen LogP contribution is 2.33. The first-order valence-electron chi connectivity index (χ1n) is 9.78. The minimum absolute atomic E-state index is 0.134. The molecule has 0 aliphatic rings. The Morgan fingerprint density at radius 3 is 2.52 bits per heavy atom. The summed E-state index contributed by atoms with van der Waals surface area (Å²) in [5, 5.41) is 13.4. The summed E-state index contributed by atoms with van der Waals surface area (Å²) in [5.41, 5.74) is 1.64. The molecular weight excluding hydrogens is 465 g/mol. The second kappa shape index (κ2) is 9.79. The number of halogens is 2. The summed E-state index contributed by atoms with van der Waals surface area (Å²) in [7, 11) is 1.75. The number of ether oxygens (including phenoxy) is 2. The molecule has 0 radical (unpaired) electrons. The van der Waals surface area contributed by atoms with Crippen LogP contribution in [0.2, 0.25) is 0 Å². The van der Waals surface area contributed by atoms with E-state index in [1.807, 2.05) is 25.7 Å². The Balaban J connectivity index is 2.09. The van der Waals surface area contributed by atoms with Crippen molar-refractivity contribution in [1.29, 1.82) is 5.26 Å². The number of benzene rings is 2. The Bertz CT molecular complexity index is 1090. The van der Waals surface area contributed by atoms with E-state index in [1.165, 1.54) is 0 Å². The van der Waals surface area contributed by atoms with E-state index in [9.17, 15) is 0 Å². The topological polar surface area (TPSA) is 76.2 Å². The Morgan fingerprint density at radius 2 is 1.97 bits per heavy atom. The van der Waals surface area contributed by atoms with E-state index >= 15 is 4.39 Å². The van der Waals surface area contributed by atoms with Crippen molar-refractivity contribution < 1.29 is 13.9 Å². The molecule has 9 heteroatoms. The van der Waals surface area contributed by atoms with Crippen molar-refractivity contribution in [2.24, 2.45) is 7.05 Å². The summed E-state index contributed by atoms with van der Waals surface area (Å²) in [6.45, 7) is 6.14. The van der Waals surface area contributed by atoms with Crippen LogP contribution in [-0.2, 0) is 13.6 Å². The lowest BCUT2D eigenvalue weighted by Crippen LogP contribution is -2.21. The standard InChI is InChI=1S/C22H23BrFN5O2/c1-5-30-18-10-16(20(24)19(11-18)31-14(2)3)13-29(22-26-21(23)27-28(22)4)17-8-6-15(12-25)7-9-17/h6-11,14H,5,13H2,1-4H3. The monoisotopic (exact) mass is 487 g/mol. The van der Waals surface area contributed by atoms with Gasteiger partial charge in [0.1, 0.15) is 5.75 Å². The van der Waals surface area contributed by atoms with Crippen LogP contribution in [0.15, 0.2) is 41.1 Å². The molecule has 0 saturated heterocycles. The van der Waals surface area contributed by atoms with E-state index in [1.54, 1.807) is 48.1 Å². The van der Waals surface area contributed by atoms with Crippen LogP contribution in [0, 0.1) is 17.1 Å². The van der Waals surface area contributed by atoms with Gasteiger partial charge in [0.25, 0.3) is 0 Å². The van der Waals surface area contributed by atoms with E-state index in [0.29, 0.717) is 34.2 Å². The largest absolute Gasteiger partial charge is 0.494 e. The lowest BCUT2D eigenvalue weighted by atomic mass is 10.1. The zero-order valence-electron chi connectivity index (χ0n) is 17.8. The van der Waals surface area contributed by atoms with Crippen molar-refractivity contribution in [3.8, 4) is 17.6 Å². The van der Waals surface area contributed by atoms with Crippen LogP contribution in [-0.4, -0.2) is 27.5 Å². The van der Waals surface area contributed by atoms with Gasteiger partial charge < -0.3 is 14.4 Å². The summed E-state index contributed by atoms with van der Waals surface area (Å²) in [6.07, 6.45) is -0.191. The number of hydrogen-bond donors (Lipinski definition) is 0. The molecule has 3 rings (SSSR count). The van der Waals surface area contributed by atoms with Crippen LogP contribution in [0.1, 0.15) is 31.9 Å². The van der Waals surface area contributed by atoms with Crippen molar-refractivity contribution in [3.05, 3.63) is 58.1 Å². The van der Waals surface area contributed by atoms with Crippen molar-refractivity contribution in [1.82, 2.24) is 14.8 Å². The molecule has 0 atom stereocenters. The van der Waals surface area contributed by atoms with Crippen LogP contribution < -0.4 is 14.4 Å². The first-order chi connectivity index (χ1) is 14.8. The highest BCUT2D eigenvalue weighted by atomic mass is 79.9. The van der Waals surface area contributed by atoms with Gasteiger partial charge in [0.15, 0.2) is 11.6 Å². The maximum absolute atomic E-state index is 15.4. The van der Waals surface area contributed by atoms with E-state index in [0.717, 1.165) is 5.69 Å². The molecule has 7 nitrogen and oxygen atoms in total. The smallest absolute Gasteiger partial charge is 0.229 e. The predicted octanol–water partition coefficient (Wildman–Crippen LogP) is 5.11. The van der Waals surface area contributed by atoms with Crippen LogP contribution in [0.25, 0.3) is 0 Å². The summed E-state index contributed by atoms with van der Waals surface area (Å²) in [6, 6.07) is 12.3. The van der Waals surface area contributed by atoms with E-state index in [4.69, 9.17) is 14.7 Å². The fourth-order valence-electron chi connectivity index (χ4n) is 3.08. The van der Waals surface area contributed by atoms with Crippen molar-refractivity contribution in [2.45, 2.75) is 33.4 Å². The average molecular weight is 488 g/mol. The van der Waals surface area contributed by atoms with Gasteiger partial charge in [0.05, 0.1) is 30.9 Å². The Morgan fingerprint density at radius 1 is 1.26 bits per heavy atom. The summed E-state index contributed by atoms with van der Waals surface area (Å²) in [5.74, 6) is 0.699. The number of aromatic nitrogens is 3. The molecule has 0 saturated carbocycles. The number of rotatable bonds is 8. The predicted molar refractivity (Wildman–Crippen MR) is 119 cm³/mol. The van der Waals surface area contributed by atoms with Crippen molar-refractivity contribution >= 4 is 27.6 Å². The number of anilines is 2. The van der Waals surface area contributed by atoms with Gasteiger partial charge in [-0.25, -0.2) is 9.07 Å². The molecule has 0 fully saturated rings. The zero-order chi connectivity index (χ0) is 22.5. The SMILES string of the molecule is CCOc1cc(CN(c2ccc(C#N)cc2)c2nc(Br)nn2C)c(F)c(OC(C)C)c1. The minimum atomic E-state index is -0.461. The molecule has 1 aromatic heterocycles. The molecule has 0 amide bonds. The Labute approximate surface area is 189 Å². The molecule has 0 spiro atoms. The summed E-state index contributed by atoms with van der Waals surface area (Å²) >= 11 is 3.29. The summed E-state index contributed by atoms with van der Waals surface area (Å²) < 4.78 is 28.7. The first kappa shape index (κ1) is 22.6. The van der Waals surface area contributed by atoms with Crippen LogP contribution in [0.5, 0.6) is 11.5 Å². The molecule has 3 aromatic rings. The van der Waals surface area contributed by atoms with Crippen LogP contribution >= 0.6 is 15.9 Å². The molecule has 0 aliphatic carbocycles. The van der Waals surface area contributed by atoms with Crippen LogP contribution in [0.4, 0.5) is 16.0 Å². The van der Waals surface area contributed by atoms with Gasteiger partial charge >= 0.3 is 0 Å². The van der Waals surface area contributed by atoms with E-state index in [-0.39, 0.29) is 18.4 Å². The Kier molecular flexibility index (Phi) is 7.13. The van der Waals surface area contributed by atoms with Gasteiger partial charge in [-0.05, 0) is 67.0 Å². The molecule has 0 aliphatic heterocycles. The number of hydrogen-bond acceptors (Lipinski definition) is 6. The van der Waals surface area contributed by atoms with Gasteiger partial charge in [-0.2, -0.15) is 10.2 Å². The second-order valence-corrected chi connectivity index (χ2v) is 7.75. The second-order valence-electron chi connectivity index (χ2n) is 7.04. The zero-order valence-corrected chi connectivity index (χ0v) is 19.4. The van der Waals surface area contributed by atoms with Gasteiger partial charge in [-0.15, -0.1) is 5.10 Å². The fraction of sp³-hybridized carbons (Fsp3) is 0.318. The molecule has 0 N–H and O–H groups in total. The molecule has 2 aromatic carbocycles.